The summed E-state index contributed by atoms with van der Waals surface area (Å²) in [5.74, 6) is 0.0418. The third-order valence-electron chi connectivity index (χ3n) is 2.72. The second kappa shape index (κ2) is 4.18. The van der Waals surface area contributed by atoms with Crippen LogP contribution in [-0.2, 0) is 4.79 Å². The van der Waals surface area contributed by atoms with Gasteiger partial charge in [-0.25, -0.2) is 0 Å². The summed E-state index contributed by atoms with van der Waals surface area (Å²) in [6.07, 6.45) is 0. The highest BCUT2D eigenvalue weighted by molar-refractivity contribution is 7.96. The van der Waals surface area contributed by atoms with Gasteiger partial charge in [0.2, 0.25) is 0 Å². The van der Waals surface area contributed by atoms with Crippen LogP contribution in [-0.4, -0.2) is 10.2 Å². The highest BCUT2D eigenvalue weighted by Gasteiger charge is 2.11. The summed E-state index contributed by atoms with van der Waals surface area (Å²) >= 11 is 3.84. The van der Waals surface area contributed by atoms with Crippen LogP contribution in [0.5, 0.6) is 5.75 Å². The van der Waals surface area contributed by atoms with Crippen molar-refractivity contribution in [3.05, 3.63) is 42.0 Å². The summed E-state index contributed by atoms with van der Waals surface area (Å²) in [6.45, 7) is 1.83. The molecule has 0 heterocycles. The van der Waals surface area contributed by atoms with E-state index in [1.54, 1.807) is 12.1 Å². The molecule has 0 aliphatic heterocycles. The van der Waals surface area contributed by atoms with Crippen LogP contribution in [0, 0.1) is 0 Å². The average Bonchev–Trinajstić information content (AvgIpc) is 2.27. The van der Waals surface area contributed by atoms with Crippen LogP contribution >= 0.6 is 12.6 Å². The molecule has 0 radical (unpaired) electrons. The van der Waals surface area contributed by atoms with Gasteiger partial charge in [0.1, 0.15) is 5.75 Å². The van der Waals surface area contributed by atoms with Crippen molar-refractivity contribution in [3.63, 3.8) is 0 Å². The second-order valence-electron chi connectivity index (χ2n) is 3.85. The topological polar surface area (TPSA) is 37.3 Å². The minimum Gasteiger partial charge on any atom is -0.508 e. The van der Waals surface area contributed by atoms with E-state index in [0.717, 1.165) is 16.3 Å². The Hall–Kier alpha value is -1.48. The van der Waals surface area contributed by atoms with Gasteiger partial charge in [-0.2, -0.15) is 0 Å². The SMILES string of the molecule is CC(C(=O)S)c1ccc2cc(O)ccc2c1. The number of fused-ring (bicyclic) bond motifs is 1. The molecule has 0 aliphatic carbocycles. The minimum atomic E-state index is -0.207. The number of phenolic OH excluding ortho intramolecular Hbond substituents is 1. The third kappa shape index (κ3) is 2.04. The maximum absolute atomic E-state index is 11.2. The first-order chi connectivity index (χ1) is 7.58. The molecule has 0 bridgehead atoms. The molecule has 3 heteroatoms. The number of benzene rings is 2. The highest BCUT2D eigenvalue weighted by Crippen LogP contribution is 2.25. The van der Waals surface area contributed by atoms with Gasteiger partial charge in [0.15, 0.2) is 5.12 Å². The summed E-state index contributed by atoms with van der Waals surface area (Å²) in [6, 6.07) is 10.9. The molecule has 0 saturated heterocycles. The molecule has 16 heavy (non-hydrogen) atoms. The molecule has 0 spiro atoms. The van der Waals surface area contributed by atoms with Crippen molar-refractivity contribution in [2.75, 3.05) is 0 Å². The largest absolute Gasteiger partial charge is 0.508 e. The molecule has 0 aromatic heterocycles. The van der Waals surface area contributed by atoms with Crippen molar-refractivity contribution >= 4 is 28.5 Å². The number of carbonyl (C=O) groups excluding carboxylic acids is 1. The molecule has 0 saturated carbocycles. The van der Waals surface area contributed by atoms with E-state index in [0.29, 0.717) is 0 Å². The van der Waals surface area contributed by atoms with E-state index < -0.39 is 0 Å². The first-order valence-corrected chi connectivity index (χ1v) is 5.48. The zero-order valence-corrected chi connectivity index (χ0v) is 9.74. The zero-order valence-electron chi connectivity index (χ0n) is 8.84. The van der Waals surface area contributed by atoms with Gasteiger partial charge in [-0.1, -0.05) is 31.2 Å². The maximum Gasteiger partial charge on any atom is 0.193 e. The summed E-state index contributed by atoms with van der Waals surface area (Å²) in [5.41, 5.74) is 0.943. The molecule has 2 aromatic rings. The number of thiol groups is 1. The second-order valence-corrected chi connectivity index (χ2v) is 4.29. The molecular weight excluding hydrogens is 220 g/mol. The predicted octanol–water partition coefficient (Wildman–Crippen LogP) is 3.11. The summed E-state index contributed by atoms with van der Waals surface area (Å²) in [7, 11) is 0. The van der Waals surface area contributed by atoms with E-state index >= 15 is 0 Å². The first-order valence-electron chi connectivity index (χ1n) is 5.03. The van der Waals surface area contributed by atoms with Gasteiger partial charge in [-0.3, -0.25) is 4.79 Å². The third-order valence-corrected chi connectivity index (χ3v) is 3.11. The standard InChI is InChI=1S/C13H12O2S/c1-8(13(15)16)9-2-3-11-7-12(14)5-4-10(11)6-9/h2-8,14H,1H3,(H,15,16). The summed E-state index contributed by atoms with van der Waals surface area (Å²) in [4.78, 5) is 11.2. The van der Waals surface area contributed by atoms with Crippen molar-refractivity contribution in [2.45, 2.75) is 12.8 Å². The number of aromatic hydroxyl groups is 1. The van der Waals surface area contributed by atoms with Crippen LogP contribution in [0.15, 0.2) is 36.4 Å². The Morgan fingerprint density at radius 1 is 1.19 bits per heavy atom. The lowest BCUT2D eigenvalue weighted by Crippen LogP contribution is -2.01. The van der Waals surface area contributed by atoms with Crippen molar-refractivity contribution < 1.29 is 9.90 Å². The summed E-state index contributed by atoms with van der Waals surface area (Å²) in [5, 5.41) is 11.2. The Balaban J connectivity index is 2.52. The van der Waals surface area contributed by atoms with Crippen molar-refractivity contribution in [1.82, 2.24) is 0 Å². The highest BCUT2D eigenvalue weighted by atomic mass is 32.1. The first kappa shape index (κ1) is 11.0. The molecular formula is C13H12O2S. The Morgan fingerprint density at radius 3 is 2.50 bits per heavy atom. The van der Waals surface area contributed by atoms with Crippen LogP contribution in [0.4, 0.5) is 0 Å². The Morgan fingerprint density at radius 2 is 1.81 bits per heavy atom. The van der Waals surface area contributed by atoms with E-state index in [9.17, 15) is 9.90 Å². The number of hydrogen-bond acceptors (Lipinski definition) is 2. The fourth-order valence-electron chi connectivity index (χ4n) is 1.66. The number of carbonyl (C=O) groups is 1. The molecule has 1 atom stereocenters. The van der Waals surface area contributed by atoms with Crippen LogP contribution in [0.3, 0.4) is 0 Å². The van der Waals surface area contributed by atoms with E-state index in [-0.39, 0.29) is 16.8 Å². The van der Waals surface area contributed by atoms with Gasteiger partial charge in [-0.15, -0.1) is 12.6 Å². The Bertz CT molecular complexity index is 549. The fourth-order valence-corrected chi connectivity index (χ4v) is 1.81. The summed E-state index contributed by atoms with van der Waals surface area (Å²) < 4.78 is 0. The number of hydrogen-bond donors (Lipinski definition) is 2. The lowest BCUT2D eigenvalue weighted by atomic mass is 9.99. The minimum absolute atomic E-state index is 0.141. The van der Waals surface area contributed by atoms with Crippen molar-refractivity contribution in [2.24, 2.45) is 0 Å². The van der Waals surface area contributed by atoms with Crippen LogP contribution in [0.2, 0.25) is 0 Å². The zero-order chi connectivity index (χ0) is 11.7. The van der Waals surface area contributed by atoms with E-state index in [2.05, 4.69) is 12.6 Å². The monoisotopic (exact) mass is 232 g/mol. The number of phenols is 1. The lowest BCUT2D eigenvalue weighted by molar-refractivity contribution is -0.111. The van der Waals surface area contributed by atoms with Crippen LogP contribution in [0.1, 0.15) is 18.4 Å². The fraction of sp³-hybridized carbons (Fsp3) is 0.154. The lowest BCUT2D eigenvalue weighted by Gasteiger charge is -2.08. The molecule has 0 fully saturated rings. The van der Waals surface area contributed by atoms with E-state index in [1.807, 2.05) is 31.2 Å². The van der Waals surface area contributed by atoms with Gasteiger partial charge >= 0.3 is 0 Å². The van der Waals surface area contributed by atoms with E-state index in [1.165, 1.54) is 0 Å². The van der Waals surface area contributed by atoms with E-state index in [4.69, 9.17) is 0 Å². The number of rotatable bonds is 2. The smallest absolute Gasteiger partial charge is 0.193 e. The molecule has 1 N–H and O–H groups in total. The molecule has 82 valence electrons. The van der Waals surface area contributed by atoms with Crippen molar-refractivity contribution in [3.8, 4) is 5.75 Å². The van der Waals surface area contributed by atoms with Crippen molar-refractivity contribution in [1.29, 1.82) is 0 Å². The molecule has 2 aromatic carbocycles. The van der Waals surface area contributed by atoms with Gasteiger partial charge in [0.25, 0.3) is 0 Å². The normalized spacial score (nSPS) is 12.6. The van der Waals surface area contributed by atoms with Gasteiger partial charge < -0.3 is 5.11 Å². The van der Waals surface area contributed by atoms with Crippen LogP contribution < -0.4 is 0 Å². The van der Waals surface area contributed by atoms with Gasteiger partial charge in [0, 0.05) is 0 Å². The molecule has 2 rings (SSSR count). The Labute approximate surface area is 99.3 Å². The van der Waals surface area contributed by atoms with Gasteiger partial charge in [0.05, 0.1) is 5.92 Å². The maximum atomic E-state index is 11.2. The quantitative estimate of drug-likeness (QED) is 0.781. The molecule has 1 unspecified atom stereocenters. The van der Waals surface area contributed by atoms with Gasteiger partial charge in [-0.05, 0) is 28.5 Å². The molecule has 2 nitrogen and oxygen atoms in total. The van der Waals surface area contributed by atoms with Crippen LogP contribution in [0.25, 0.3) is 10.8 Å². The molecule has 0 amide bonds. The average molecular weight is 232 g/mol. The predicted molar refractivity (Wildman–Crippen MR) is 68.0 cm³/mol. The molecule has 0 aliphatic rings. The Kier molecular flexibility index (Phi) is 2.88.